The number of nitrogens with zero attached hydrogens (tertiary/aromatic N) is 3. The van der Waals surface area contributed by atoms with Crippen LogP contribution in [-0.2, 0) is 19.6 Å². The van der Waals surface area contributed by atoms with E-state index in [1.807, 2.05) is 25.4 Å². The summed E-state index contributed by atoms with van der Waals surface area (Å²) in [5.74, 6) is 0. The molecule has 2 aromatic heterocycles. The van der Waals surface area contributed by atoms with E-state index < -0.39 is 0 Å². The van der Waals surface area contributed by atoms with Gasteiger partial charge in [0.05, 0.1) is 17.2 Å². The first-order valence-electron chi connectivity index (χ1n) is 5.94. The molecule has 0 saturated carbocycles. The van der Waals surface area contributed by atoms with Crippen molar-refractivity contribution in [3.05, 3.63) is 40.7 Å². The number of anilines is 1. The number of rotatable bonds is 5. The van der Waals surface area contributed by atoms with Crippen molar-refractivity contribution < 1.29 is 5.11 Å². The van der Waals surface area contributed by atoms with Crippen LogP contribution in [0.5, 0.6) is 0 Å². The SMILES string of the molecule is CCc1nc(N(C)Cc2cccnc2)sc1CO. The minimum atomic E-state index is 0.0710. The zero-order valence-corrected chi connectivity index (χ0v) is 11.4. The third-order valence-electron chi connectivity index (χ3n) is 2.71. The van der Waals surface area contributed by atoms with Gasteiger partial charge in [0.1, 0.15) is 0 Å². The van der Waals surface area contributed by atoms with Crippen LogP contribution in [0.2, 0.25) is 0 Å². The fraction of sp³-hybridized carbons (Fsp3) is 0.385. The van der Waals surface area contributed by atoms with Gasteiger partial charge in [0.15, 0.2) is 5.13 Å². The second-order valence-electron chi connectivity index (χ2n) is 4.10. The Hall–Kier alpha value is -1.46. The van der Waals surface area contributed by atoms with Crippen LogP contribution in [0.1, 0.15) is 23.1 Å². The Bertz CT molecular complexity index is 477. The molecule has 2 rings (SSSR count). The van der Waals surface area contributed by atoms with Gasteiger partial charge in [-0.25, -0.2) is 4.98 Å². The second-order valence-corrected chi connectivity index (χ2v) is 5.16. The predicted octanol–water partition coefficient (Wildman–Crippen LogP) is 2.23. The van der Waals surface area contributed by atoms with Crippen LogP contribution in [0.25, 0.3) is 0 Å². The zero-order chi connectivity index (χ0) is 13.0. The standard InChI is InChI=1S/C13H17N3OS/c1-3-11-12(9-17)18-13(15-11)16(2)8-10-5-4-6-14-7-10/h4-7,17H,3,8-9H2,1-2H3. The molecule has 0 aliphatic carbocycles. The Morgan fingerprint density at radius 3 is 2.83 bits per heavy atom. The van der Waals surface area contributed by atoms with E-state index in [1.165, 1.54) is 0 Å². The first-order valence-corrected chi connectivity index (χ1v) is 6.75. The Kier molecular flexibility index (Phi) is 4.28. The normalized spacial score (nSPS) is 10.6. The van der Waals surface area contributed by atoms with Crippen molar-refractivity contribution in [2.24, 2.45) is 0 Å². The maximum absolute atomic E-state index is 9.28. The number of aromatic nitrogens is 2. The molecule has 0 aliphatic heterocycles. The molecule has 0 bridgehead atoms. The van der Waals surface area contributed by atoms with Gasteiger partial charge in [-0.3, -0.25) is 4.98 Å². The van der Waals surface area contributed by atoms with Crippen LogP contribution in [0.15, 0.2) is 24.5 Å². The average Bonchev–Trinajstić information content (AvgIpc) is 2.83. The van der Waals surface area contributed by atoms with E-state index in [9.17, 15) is 5.11 Å². The third kappa shape index (κ3) is 2.86. The molecule has 0 aliphatic rings. The quantitative estimate of drug-likeness (QED) is 0.898. The molecule has 0 radical (unpaired) electrons. The molecule has 1 N–H and O–H groups in total. The van der Waals surface area contributed by atoms with Crippen molar-refractivity contribution in [1.82, 2.24) is 9.97 Å². The van der Waals surface area contributed by atoms with E-state index in [0.29, 0.717) is 0 Å². The average molecular weight is 263 g/mol. The zero-order valence-electron chi connectivity index (χ0n) is 10.6. The summed E-state index contributed by atoms with van der Waals surface area (Å²) in [4.78, 5) is 11.7. The molecule has 0 fully saturated rings. The number of aliphatic hydroxyl groups excluding tert-OH is 1. The van der Waals surface area contributed by atoms with Crippen molar-refractivity contribution >= 4 is 16.5 Å². The number of pyridine rings is 1. The minimum absolute atomic E-state index is 0.0710. The van der Waals surface area contributed by atoms with Crippen molar-refractivity contribution in [2.75, 3.05) is 11.9 Å². The lowest BCUT2D eigenvalue weighted by molar-refractivity contribution is 0.284. The molecule has 0 spiro atoms. The van der Waals surface area contributed by atoms with Gasteiger partial charge in [-0.15, -0.1) is 0 Å². The summed E-state index contributed by atoms with van der Waals surface area (Å²) in [5.41, 5.74) is 2.15. The highest BCUT2D eigenvalue weighted by Crippen LogP contribution is 2.26. The van der Waals surface area contributed by atoms with Crippen molar-refractivity contribution in [3.63, 3.8) is 0 Å². The first kappa shape index (κ1) is 13.0. The van der Waals surface area contributed by atoms with E-state index in [-0.39, 0.29) is 6.61 Å². The van der Waals surface area contributed by atoms with Crippen LogP contribution in [0, 0.1) is 0 Å². The highest BCUT2D eigenvalue weighted by atomic mass is 32.1. The number of thiazole rings is 1. The van der Waals surface area contributed by atoms with Gasteiger partial charge in [0.25, 0.3) is 0 Å². The van der Waals surface area contributed by atoms with Gasteiger partial charge in [0.2, 0.25) is 0 Å². The fourth-order valence-electron chi connectivity index (χ4n) is 1.77. The molecule has 18 heavy (non-hydrogen) atoms. The molecule has 96 valence electrons. The monoisotopic (exact) mass is 263 g/mol. The summed E-state index contributed by atoms with van der Waals surface area (Å²) in [6.45, 7) is 2.90. The largest absolute Gasteiger partial charge is 0.391 e. The maximum Gasteiger partial charge on any atom is 0.185 e. The Morgan fingerprint density at radius 2 is 2.28 bits per heavy atom. The molecule has 0 amide bonds. The van der Waals surface area contributed by atoms with E-state index in [4.69, 9.17) is 0 Å². The van der Waals surface area contributed by atoms with Crippen molar-refractivity contribution in [2.45, 2.75) is 26.5 Å². The van der Waals surface area contributed by atoms with Crippen LogP contribution in [-0.4, -0.2) is 22.1 Å². The molecule has 2 aromatic rings. The molecular formula is C13H17N3OS. The summed E-state index contributed by atoms with van der Waals surface area (Å²) < 4.78 is 0. The van der Waals surface area contributed by atoms with Crippen LogP contribution >= 0.6 is 11.3 Å². The topological polar surface area (TPSA) is 49.2 Å². The van der Waals surface area contributed by atoms with Crippen molar-refractivity contribution in [1.29, 1.82) is 0 Å². The highest BCUT2D eigenvalue weighted by Gasteiger charge is 2.12. The van der Waals surface area contributed by atoms with Gasteiger partial charge in [-0.1, -0.05) is 24.3 Å². The maximum atomic E-state index is 9.28. The number of hydrogen-bond acceptors (Lipinski definition) is 5. The minimum Gasteiger partial charge on any atom is -0.391 e. The van der Waals surface area contributed by atoms with Gasteiger partial charge < -0.3 is 10.0 Å². The van der Waals surface area contributed by atoms with E-state index >= 15 is 0 Å². The smallest absolute Gasteiger partial charge is 0.185 e. The molecule has 5 heteroatoms. The Labute approximate surface area is 111 Å². The van der Waals surface area contributed by atoms with Gasteiger partial charge >= 0.3 is 0 Å². The van der Waals surface area contributed by atoms with Gasteiger partial charge in [0, 0.05) is 26.0 Å². The summed E-state index contributed by atoms with van der Waals surface area (Å²) in [6, 6.07) is 3.98. The lowest BCUT2D eigenvalue weighted by Gasteiger charge is -2.15. The van der Waals surface area contributed by atoms with Gasteiger partial charge in [-0.05, 0) is 18.1 Å². The van der Waals surface area contributed by atoms with E-state index in [1.54, 1.807) is 17.5 Å². The molecule has 0 saturated heterocycles. The van der Waals surface area contributed by atoms with Gasteiger partial charge in [-0.2, -0.15) is 0 Å². The highest BCUT2D eigenvalue weighted by molar-refractivity contribution is 7.15. The lowest BCUT2D eigenvalue weighted by Crippen LogP contribution is -2.16. The lowest BCUT2D eigenvalue weighted by atomic mass is 10.3. The molecule has 4 nitrogen and oxygen atoms in total. The van der Waals surface area contributed by atoms with E-state index in [2.05, 4.69) is 21.8 Å². The summed E-state index contributed by atoms with van der Waals surface area (Å²) in [6.07, 6.45) is 4.48. The Morgan fingerprint density at radius 1 is 1.44 bits per heavy atom. The van der Waals surface area contributed by atoms with E-state index in [0.717, 1.165) is 34.2 Å². The number of hydrogen-bond donors (Lipinski definition) is 1. The predicted molar refractivity (Wildman–Crippen MR) is 73.8 cm³/mol. The second kappa shape index (κ2) is 5.93. The van der Waals surface area contributed by atoms with Crippen LogP contribution < -0.4 is 4.90 Å². The number of aliphatic hydroxyl groups is 1. The molecular weight excluding hydrogens is 246 g/mol. The fourth-order valence-corrected chi connectivity index (χ4v) is 2.73. The summed E-state index contributed by atoms with van der Waals surface area (Å²) in [5, 5.41) is 10.2. The number of aryl methyl sites for hydroxylation is 1. The summed E-state index contributed by atoms with van der Waals surface area (Å²) in [7, 11) is 2.01. The molecule has 2 heterocycles. The first-order chi connectivity index (χ1) is 8.74. The summed E-state index contributed by atoms with van der Waals surface area (Å²) >= 11 is 1.56. The molecule has 0 atom stereocenters. The van der Waals surface area contributed by atoms with Crippen LogP contribution in [0.4, 0.5) is 5.13 Å². The van der Waals surface area contributed by atoms with Crippen LogP contribution in [0.3, 0.4) is 0 Å². The third-order valence-corrected chi connectivity index (χ3v) is 3.91. The van der Waals surface area contributed by atoms with Crippen molar-refractivity contribution in [3.8, 4) is 0 Å². The Balaban J connectivity index is 2.13. The molecule has 0 aromatic carbocycles. The molecule has 0 unspecified atom stereocenters.